The second kappa shape index (κ2) is 9.94. The van der Waals surface area contributed by atoms with Crippen molar-refractivity contribution in [3.63, 3.8) is 0 Å². The van der Waals surface area contributed by atoms with Gasteiger partial charge in [-0.15, -0.1) is 0 Å². The number of nitrogen functional groups attached to an aromatic ring is 1. The van der Waals surface area contributed by atoms with Gasteiger partial charge < -0.3 is 21.4 Å². The van der Waals surface area contributed by atoms with E-state index in [0.717, 1.165) is 49.2 Å². The van der Waals surface area contributed by atoms with Crippen molar-refractivity contribution in [3.8, 4) is 0 Å². The first-order chi connectivity index (χ1) is 17.5. The molecule has 4 heterocycles. The van der Waals surface area contributed by atoms with Crippen LogP contribution in [-0.2, 0) is 24.4 Å². The Morgan fingerprint density at radius 2 is 2.08 bits per heavy atom. The smallest absolute Gasteiger partial charge is 0.277 e. The number of H-pyrrole nitrogens is 1. The zero-order valence-corrected chi connectivity index (χ0v) is 20.6. The molecule has 0 saturated carbocycles. The van der Waals surface area contributed by atoms with Crippen molar-refractivity contribution in [2.75, 3.05) is 23.7 Å². The predicted molar refractivity (Wildman–Crippen MR) is 137 cm³/mol. The quantitative estimate of drug-likeness (QED) is 0.218. The van der Waals surface area contributed by atoms with Crippen molar-refractivity contribution in [3.05, 3.63) is 41.9 Å². The van der Waals surface area contributed by atoms with Crippen LogP contribution < -0.4 is 25.8 Å². The molecule has 188 valence electrons. The standard InChI is InChI=1S/C25H31N9O2/c1-3-33-19-6-5-16(25(36)29-17-7-10-27-11-8-17)13-20(19)34(4-2)21(33)14-32(15-35)24-22(26)31-23-18(30-24)9-12-28-23/h5-6,9,12-13,15,17,27H,3-4,7-8,10-11,14H2,1-2H3,(H3-,26,28,29,30,31,36)/p+1. The third kappa shape index (κ3) is 4.26. The van der Waals surface area contributed by atoms with Crippen LogP contribution in [0.1, 0.15) is 42.9 Å². The molecule has 0 radical (unpaired) electrons. The lowest BCUT2D eigenvalue weighted by Gasteiger charge is -2.23. The number of benzene rings is 1. The number of anilines is 2. The summed E-state index contributed by atoms with van der Waals surface area (Å²) in [5.41, 5.74) is 9.94. The van der Waals surface area contributed by atoms with Gasteiger partial charge >= 0.3 is 0 Å². The summed E-state index contributed by atoms with van der Waals surface area (Å²) < 4.78 is 4.29. The lowest BCUT2D eigenvalue weighted by atomic mass is 10.1. The molecule has 3 aromatic heterocycles. The first-order valence-corrected chi connectivity index (χ1v) is 12.4. The number of nitrogens with zero attached hydrogens (tertiary/aromatic N) is 5. The zero-order chi connectivity index (χ0) is 25.2. The van der Waals surface area contributed by atoms with Crippen LogP contribution in [0, 0.1) is 0 Å². The van der Waals surface area contributed by atoms with Gasteiger partial charge in [0.25, 0.3) is 11.7 Å². The number of aryl methyl sites for hydroxylation is 2. The minimum Gasteiger partial charge on any atom is -0.381 e. The van der Waals surface area contributed by atoms with Gasteiger partial charge in [-0.25, -0.2) is 19.1 Å². The van der Waals surface area contributed by atoms with Crippen LogP contribution in [0.4, 0.5) is 11.6 Å². The molecule has 1 aliphatic rings. The summed E-state index contributed by atoms with van der Waals surface area (Å²) >= 11 is 0. The molecule has 2 amide bonds. The Labute approximate surface area is 208 Å². The fourth-order valence-corrected chi connectivity index (χ4v) is 5.04. The Kier molecular flexibility index (Phi) is 6.55. The number of amides is 2. The summed E-state index contributed by atoms with van der Waals surface area (Å²) in [4.78, 5) is 38.6. The number of fused-ring (bicyclic) bond motifs is 2. The van der Waals surface area contributed by atoms with Crippen molar-refractivity contribution < 1.29 is 14.2 Å². The van der Waals surface area contributed by atoms with Crippen molar-refractivity contribution in [1.82, 2.24) is 30.2 Å². The molecule has 11 heteroatoms. The number of rotatable bonds is 8. The molecule has 1 fully saturated rings. The van der Waals surface area contributed by atoms with Gasteiger partial charge in [-0.2, -0.15) is 0 Å². The molecule has 0 atom stereocenters. The van der Waals surface area contributed by atoms with Gasteiger partial charge in [-0.1, -0.05) is 0 Å². The first-order valence-electron chi connectivity index (χ1n) is 12.4. The Morgan fingerprint density at radius 1 is 1.28 bits per heavy atom. The lowest BCUT2D eigenvalue weighted by molar-refractivity contribution is -0.676. The van der Waals surface area contributed by atoms with Crippen LogP contribution in [0.5, 0.6) is 0 Å². The number of imidazole rings is 1. The number of hydrogen-bond acceptors (Lipinski definition) is 6. The summed E-state index contributed by atoms with van der Waals surface area (Å²) in [5.74, 6) is 1.34. The van der Waals surface area contributed by atoms with Crippen molar-refractivity contribution in [2.45, 2.75) is 52.4 Å². The second-order valence-electron chi connectivity index (χ2n) is 8.98. The van der Waals surface area contributed by atoms with Gasteiger partial charge in [0.05, 0.1) is 13.1 Å². The number of aromatic nitrogens is 5. The monoisotopic (exact) mass is 490 g/mol. The van der Waals surface area contributed by atoms with Crippen LogP contribution in [0.2, 0.25) is 0 Å². The molecule has 5 N–H and O–H groups in total. The van der Waals surface area contributed by atoms with E-state index in [0.29, 0.717) is 35.6 Å². The summed E-state index contributed by atoms with van der Waals surface area (Å²) in [6.07, 6.45) is 4.33. The van der Waals surface area contributed by atoms with Crippen LogP contribution in [-0.4, -0.2) is 51.0 Å². The van der Waals surface area contributed by atoms with Gasteiger partial charge in [0.1, 0.15) is 12.1 Å². The normalized spacial score (nSPS) is 14.4. The predicted octanol–water partition coefficient (Wildman–Crippen LogP) is 1.47. The molecule has 5 rings (SSSR count). The van der Waals surface area contributed by atoms with Crippen molar-refractivity contribution >= 4 is 46.2 Å². The van der Waals surface area contributed by atoms with E-state index in [-0.39, 0.29) is 24.3 Å². The largest absolute Gasteiger partial charge is 0.381 e. The molecule has 11 nitrogen and oxygen atoms in total. The molecule has 0 bridgehead atoms. The van der Waals surface area contributed by atoms with E-state index < -0.39 is 0 Å². The minimum atomic E-state index is -0.0605. The van der Waals surface area contributed by atoms with Crippen molar-refractivity contribution in [1.29, 1.82) is 0 Å². The minimum absolute atomic E-state index is 0.0605. The van der Waals surface area contributed by atoms with Crippen LogP contribution >= 0.6 is 0 Å². The Morgan fingerprint density at radius 3 is 2.81 bits per heavy atom. The van der Waals surface area contributed by atoms with Gasteiger partial charge in [0.15, 0.2) is 28.3 Å². The van der Waals surface area contributed by atoms with E-state index in [2.05, 4.69) is 48.6 Å². The Bertz CT molecular complexity index is 1420. The average molecular weight is 491 g/mol. The van der Waals surface area contributed by atoms with E-state index in [1.54, 1.807) is 12.3 Å². The molecule has 0 spiro atoms. The molecular weight excluding hydrogens is 458 g/mol. The first kappa shape index (κ1) is 23.7. The van der Waals surface area contributed by atoms with Crippen molar-refractivity contribution in [2.24, 2.45) is 0 Å². The summed E-state index contributed by atoms with van der Waals surface area (Å²) in [7, 11) is 0. The molecule has 0 aliphatic carbocycles. The summed E-state index contributed by atoms with van der Waals surface area (Å²) in [6, 6.07) is 7.77. The van der Waals surface area contributed by atoms with E-state index in [9.17, 15) is 9.59 Å². The topological polar surface area (TPSA) is 138 Å². The van der Waals surface area contributed by atoms with Gasteiger partial charge in [-0.05, 0) is 58.0 Å². The lowest BCUT2D eigenvalue weighted by Crippen LogP contribution is -2.42. The third-order valence-electron chi connectivity index (χ3n) is 6.85. The maximum absolute atomic E-state index is 13.0. The number of nitrogens with one attached hydrogen (secondary N) is 3. The third-order valence-corrected chi connectivity index (χ3v) is 6.85. The Hall–Kier alpha value is -3.99. The fourth-order valence-electron chi connectivity index (χ4n) is 5.04. The number of piperidine rings is 1. The number of carbonyl (C=O) groups is 2. The van der Waals surface area contributed by atoms with E-state index >= 15 is 0 Å². The Balaban J connectivity index is 1.51. The van der Waals surface area contributed by atoms with Crippen LogP contribution in [0.15, 0.2) is 30.5 Å². The highest BCUT2D eigenvalue weighted by molar-refractivity contribution is 5.97. The number of aromatic amines is 1. The molecule has 1 aromatic carbocycles. The SMILES string of the molecule is CCn1c(CN(C=O)c2nc3cc[nH]c3nc2N)[n+](CC)c2ccc(C(=O)NC3CCNCC3)cc21. The van der Waals surface area contributed by atoms with E-state index in [1.165, 1.54) is 4.90 Å². The molecular formula is C25H32N9O2+. The van der Waals surface area contributed by atoms with Crippen LogP contribution in [0.3, 0.4) is 0 Å². The van der Waals surface area contributed by atoms with Crippen LogP contribution in [0.25, 0.3) is 22.2 Å². The zero-order valence-electron chi connectivity index (χ0n) is 20.6. The van der Waals surface area contributed by atoms with E-state index in [4.69, 9.17) is 5.73 Å². The average Bonchev–Trinajstić information content (AvgIpc) is 3.47. The fraction of sp³-hybridized carbons (Fsp3) is 0.400. The summed E-state index contributed by atoms with van der Waals surface area (Å²) in [6.45, 7) is 7.57. The maximum Gasteiger partial charge on any atom is 0.277 e. The molecule has 36 heavy (non-hydrogen) atoms. The van der Waals surface area contributed by atoms with Gasteiger partial charge in [0.2, 0.25) is 6.41 Å². The highest BCUT2D eigenvalue weighted by Crippen LogP contribution is 2.24. The molecule has 1 aliphatic heterocycles. The molecule has 1 saturated heterocycles. The number of hydrogen-bond donors (Lipinski definition) is 4. The van der Waals surface area contributed by atoms with Gasteiger partial charge in [-0.3, -0.25) is 14.5 Å². The highest BCUT2D eigenvalue weighted by atomic mass is 16.1. The second-order valence-corrected chi connectivity index (χ2v) is 8.98. The summed E-state index contributed by atoms with van der Waals surface area (Å²) in [5, 5.41) is 6.49. The molecule has 0 unspecified atom stereocenters. The number of nitrogens with two attached hydrogens (primary N) is 1. The van der Waals surface area contributed by atoms with Gasteiger partial charge in [0, 0.05) is 23.9 Å². The van der Waals surface area contributed by atoms with E-state index in [1.807, 2.05) is 18.2 Å². The number of carbonyl (C=O) groups excluding carboxylic acids is 2. The molecule has 4 aromatic rings. The highest BCUT2D eigenvalue weighted by Gasteiger charge is 2.28. The maximum atomic E-state index is 13.0.